The molecule has 0 amide bonds. The van der Waals surface area contributed by atoms with E-state index < -0.39 is 0 Å². The summed E-state index contributed by atoms with van der Waals surface area (Å²) in [6, 6.07) is 8.58. The van der Waals surface area contributed by atoms with E-state index in [0.29, 0.717) is 0 Å². The van der Waals surface area contributed by atoms with Gasteiger partial charge in [-0.2, -0.15) is 0 Å². The first-order chi connectivity index (χ1) is 8.13. The first-order valence-electron chi connectivity index (χ1n) is 6.19. The first-order valence-corrected chi connectivity index (χ1v) is 6.98. The van der Waals surface area contributed by atoms with Crippen LogP contribution in [0.2, 0.25) is 0 Å². The topological polar surface area (TPSA) is 35.2 Å². The van der Waals surface area contributed by atoms with Gasteiger partial charge in [-0.05, 0) is 49.8 Å². The van der Waals surface area contributed by atoms with E-state index >= 15 is 0 Å². The molecule has 2 rings (SSSR count). The Morgan fingerprint density at radius 3 is 2.47 bits per heavy atom. The van der Waals surface area contributed by atoms with Crippen molar-refractivity contribution in [1.29, 1.82) is 0 Å². The molecule has 0 saturated heterocycles. The van der Waals surface area contributed by atoms with Gasteiger partial charge in [-0.15, -0.1) is 0 Å². The van der Waals surface area contributed by atoms with E-state index in [1.807, 2.05) is 7.11 Å². The highest BCUT2D eigenvalue weighted by molar-refractivity contribution is 9.10. The molecule has 0 aliphatic heterocycles. The van der Waals surface area contributed by atoms with Gasteiger partial charge in [-0.25, -0.2) is 0 Å². The van der Waals surface area contributed by atoms with Gasteiger partial charge in [0.05, 0.1) is 5.60 Å². The van der Waals surface area contributed by atoms with Gasteiger partial charge in [-0.1, -0.05) is 28.1 Å². The summed E-state index contributed by atoms with van der Waals surface area (Å²) in [5.74, 6) is 0. The maximum absolute atomic E-state index is 6.22. The lowest BCUT2D eigenvalue weighted by molar-refractivity contribution is -0.0813. The number of hydrogen-bond acceptors (Lipinski definition) is 2. The van der Waals surface area contributed by atoms with Gasteiger partial charge in [0.25, 0.3) is 0 Å². The maximum Gasteiger partial charge on any atom is 0.0693 e. The van der Waals surface area contributed by atoms with Gasteiger partial charge in [-0.3, -0.25) is 0 Å². The Balaban J connectivity index is 1.88. The molecule has 1 saturated carbocycles. The highest BCUT2D eigenvalue weighted by Gasteiger charge is 2.38. The molecule has 1 atom stereocenters. The van der Waals surface area contributed by atoms with Crippen molar-refractivity contribution in [2.24, 2.45) is 5.73 Å². The molecule has 1 unspecified atom stereocenters. The quantitative estimate of drug-likeness (QED) is 0.905. The summed E-state index contributed by atoms with van der Waals surface area (Å²) >= 11 is 3.44. The Bertz CT molecular complexity index is 353. The van der Waals surface area contributed by atoms with Gasteiger partial charge in [0.1, 0.15) is 0 Å². The number of halogens is 1. The highest BCUT2D eigenvalue weighted by Crippen LogP contribution is 2.38. The summed E-state index contributed by atoms with van der Waals surface area (Å²) in [6.45, 7) is 0. The number of rotatable bonds is 5. The van der Waals surface area contributed by atoms with Crippen LogP contribution in [-0.2, 0) is 11.2 Å². The monoisotopic (exact) mass is 297 g/mol. The molecule has 2 nitrogen and oxygen atoms in total. The van der Waals surface area contributed by atoms with Crippen LogP contribution in [-0.4, -0.2) is 18.8 Å². The van der Waals surface area contributed by atoms with E-state index in [-0.39, 0.29) is 11.6 Å². The Labute approximate surface area is 112 Å². The predicted molar refractivity (Wildman–Crippen MR) is 74.0 cm³/mol. The fourth-order valence-electron chi connectivity index (χ4n) is 2.54. The summed E-state index contributed by atoms with van der Waals surface area (Å²) in [5.41, 5.74) is 7.60. The van der Waals surface area contributed by atoms with Crippen LogP contribution in [0.5, 0.6) is 0 Å². The molecule has 0 aromatic heterocycles. The van der Waals surface area contributed by atoms with E-state index in [4.69, 9.17) is 10.5 Å². The van der Waals surface area contributed by atoms with Crippen molar-refractivity contribution in [3.8, 4) is 0 Å². The van der Waals surface area contributed by atoms with E-state index in [0.717, 1.165) is 30.2 Å². The smallest absolute Gasteiger partial charge is 0.0693 e. The van der Waals surface area contributed by atoms with Crippen LogP contribution >= 0.6 is 15.9 Å². The zero-order valence-electron chi connectivity index (χ0n) is 10.3. The first kappa shape index (κ1) is 13.1. The zero-order valence-corrected chi connectivity index (χ0v) is 11.9. The summed E-state index contributed by atoms with van der Waals surface area (Å²) in [5, 5.41) is 0. The molecule has 1 aromatic rings. The molecule has 3 heteroatoms. The molecular formula is C14H20BrNO. The zero-order chi connectivity index (χ0) is 12.3. The lowest BCUT2D eigenvalue weighted by Crippen LogP contribution is -2.44. The minimum atomic E-state index is 0.0782. The predicted octanol–water partition coefficient (Wildman–Crippen LogP) is 3.28. The molecule has 0 spiro atoms. The molecule has 1 aliphatic rings. The Morgan fingerprint density at radius 2 is 2.00 bits per heavy atom. The molecule has 1 aliphatic carbocycles. The Kier molecular flexibility index (Phi) is 4.23. The van der Waals surface area contributed by atoms with Crippen LogP contribution in [0.4, 0.5) is 0 Å². The van der Waals surface area contributed by atoms with E-state index in [2.05, 4.69) is 40.2 Å². The summed E-state index contributed by atoms with van der Waals surface area (Å²) in [6.07, 6.45) is 5.51. The van der Waals surface area contributed by atoms with Crippen LogP contribution in [0.25, 0.3) is 0 Å². The summed E-state index contributed by atoms with van der Waals surface area (Å²) in [7, 11) is 1.81. The Morgan fingerprint density at radius 1 is 1.35 bits per heavy atom. The van der Waals surface area contributed by atoms with Crippen molar-refractivity contribution in [3.63, 3.8) is 0 Å². The van der Waals surface area contributed by atoms with Gasteiger partial charge in [0, 0.05) is 17.6 Å². The normalized spacial score (nSPS) is 19.7. The van der Waals surface area contributed by atoms with E-state index in [1.165, 1.54) is 12.0 Å². The van der Waals surface area contributed by atoms with Gasteiger partial charge < -0.3 is 10.5 Å². The second kappa shape index (κ2) is 5.51. The van der Waals surface area contributed by atoms with Crippen LogP contribution in [0.15, 0.2) is 28.7 Å². The lowest BCUT2D eigenvalue weighted by atomic mass is 9.75. The number of ether oxygens (including phenoxy) is 1. The van der Waals surface area contributed by atoms with Crippen molar-refractivity contribution < 1.29 is 4.74 Å². The van der Waals surface area contributed by atoms with Crippen LogP contribution in [0.3, 0.4) is 0 Å². The molecular weight excluding hydrogens is 278 g/mol. The van der Waals surface area contributed by atoms with Crippen LogP contribution < -0.4 is 5.73 Å². The molecule has 0 heterocycles. The minimum absolute atomic E-state index is 0.0782. The van der Waals surface area contributed by atoms with Gasteiger partial charge in [0.15, 0.2) is 0 Å². The number of hydrogen-bond donors (Lipinski definition) is 1. The highest BCUT2D eigenvalue weighted by atomic mass is 79.9. The molecule has 17 heavy (non-hydrogen) atoms. The van der Waals surface area contributed by atoms with Crippen molar-refractivity contribution in [3.05, 3.63) is 34.3 Å². The lowest BCUT2D eigenvalue weighted by Gasteiger charge is -2.42. The van der Waals surface area contributed by atoms with Crippen molar-refractivity contribution in [2.75, 3.05) is 7.11 Å². The average molecular weight is 298 g/mol. The standard InChI is InChI=1S/C14H20BrNO/c1-17-14(7-2-8-14)10-13(16)9-11-3-5-12(15)6-4-11/h3-6,13H,2,7-10,16H2,1H3. The third kappa shape index (κ3) is 3.30. The van der Waals surface area contributed by atoms with E-state index in [9.17, 15) is 0 Å². The average Bonchev–Trinajstić information content (AvgIpc) is 2.27. The molecule has 0 radical (unpaired) electrons. The SMILES string of the molecule is COC1(CC(N)Cc2ccc(Br)cc2)CCC1. The molecule has 2 N–H and O–H groups in total. The molecule has 1 fully saturated rings. The third-order valence-corrected chi connectivity index (χ3v) is 4.27. The molecule has 1 aromatic carbocycles. The third-order valence-electron chi connectivity index (χ3n) is 3.74. The minimum Gasteiger partial charge on any atom is -0.378 e. The van der Waals surface area contributed by atoms with Crippen LogP contribution in [0.1, 0.15) is 31.2 Å². The summed E-state index contributed by atoms with van der Waals surface area (Å²) in [4.78, 5) is 0. The van der Waals surface area contributed by atoms with Gasteiger partial charge >= 0.3 is 0 Å². The molecule has 94 valence electrons. The van der Waals surface area contributed by atoms with Crippen molar-refractivity contribution >= 4 is 15.9 Å². The Hall–Kier alpha value is -0.380. The maximum atomic E-state index is 6.22. The van der Waals surface area contributed by atoms with Crippen molar-refractivity contribution in [2.45, 2.75) is 43.7 Å². The second-order valence-electron chi connectivity index (χ2n) is 5.04. The second-order valence-corrected chi connectivity index (χ2v) is 5.95. The van der Waals surface area contributed by atoms with Gasteiger partial charge in [0.2, 0.25) is 0 Å². The number of benzene rings is 1. The fourth-order valence-corrected chi connectivity index (χ4v) is 2.80. The number of nitrogens with two attached hydrogens (primary N) is 1. The van der Waals surface area contributed by atoms with E-state index in [1.54, 1.807) is 0 Å². The van der Waals surface area contributed by atoms with Crippen LogP contribution in [0, 0.1) is 0 Å². The van der Waals surface area contributed by atoms with Crippen molar-refractivity contribution in [1.82, 2.24) is 0 Å². The largest absolute Gasteiger partial charge is 0.378 e. The number of methoxy groups -OCH3 is 1. The molecule has 0 bridgehead atoms. The fraction of sp³-hybridized carbons (Fsp3) is 0.571. The summed E-state index contributed by atoms with van der Waals surface area (Å²) < 4.78 is 6.73.